The van der Waals surface area contributed by atoms with E-state index in [2.05, 4.69) is 36.5 Å². The number of hydrogen-bond donors (Lipinski definition) is 1. The molecule has 2 heteroatoms. The Morgan fingerprint density at radius 2 is 2.12 bits per heavy atom. The van der Waals surface area contributed by atoms with Crippen LogP contribution < -0.4 is 5.32 Å². The van der Waals surface area contributed by atoms with Crippen LogP contribution in [0.1, 0.15) is 24.0 Å². The highest BCUT2D eigenvalue weighted by Crippen LogP contribution is 2.18. The normalized spacial score (nSPS) is 22.2. The summed E-state index contributed by atoms with van der Waals surface area (Å²) in [6.45, 7) is 3.05. The van der Waals surface area contributed by atoms with Crippen molar-refractivity contribution in [3.05, 3.63) is 35.4 Å². The number of hydrogen-bond acceptors (Lipinski definition) is 2. The molecule has 1 aromatic carbocycles. The minimum atomic E-state index is 0.395. The maximum Gasteiger partial charge on any atom is 0.0732 e. The number of likely N-dealkylation sites (N-methyl/N-ethyl adjacent to an activating group) is 1. The third kappa shape index (κ3) is 2.83. The molecule has 1 aliphatic rings. The van der Waals surface area contributed by atoms with Gasteiger partial charge in [0.05, 0.1) is 6.10 Å². The van der Waals surface area contributed by atoms with Crippen molar-refractivity contribution in [3.63, 3.8) is 0 Å². The van der Waals surface area contributed by atoms with Crippen LogP contribution in [0.15, 0.2) is 24.3 Å². The Morgan fingerprint density at radius 1 is 1.38 bits per heavy atom. The van der Waals surface area contributed by atoms with Gasteiger partial charge in [-0.2, -0.15) is 0 Å². The minimum Gasteiger partial charge on any atom is -0.377 e. The SMILES string of the molecule is CNC(Cc1ccc(C)cc1)C1CCCO1. The summed E-state index contributed by atoms with van der Waals surface area (Å²) < 4.78 is 5.74. The molecule has 1 heterocycles. The fourth-order valence-corrected chi connectivity index (χ4v) is 2.32. The lowest BCUT2D eigenvalue weighted by Crippen LogP contribution is -2.39. The molecule has 1 aromatic rings. The van der Waals surface area contributed by atoms with Crippen molar-refractivity contribution in [2.75, 3.05) is 13.7 Å². The summed E-state index contributed by atoms with van der Waals surface area (Å²) in [5, 5.41) is 3.38. The van der Waals surface area contributed by atoms with Crippen molar-refractivity contribution in [3.8, 4) is 0 Å². The first-order valence-electron chi connectivity index (χ1n) is 6.14. The van der Waals surface area contributed by atoms with Crippen molar-refractivity contribution >= 4 is 0 Å². The molecular formula is C14H21NO. The number of rotatable bonds is 4. The van der Waals surface area contributed by atoms with Gasteiger partial charge in [0.1, 0.15) is 0 Å². The van der Waals surface area contributed by atoms with Crippen LogP contribution in [-0.2, 0) is 11.2 Å². The molecule has 0 spiro atoms. The van der Waals surface area contributed by atoms with E-state index in [1.807, 2.05) is 7.05 Å². The molecule has 0 saturated carbocycles. The predicted molar refractivity (Wildman–Crippen MR) is 66.7 cm³/mol. The molecule has 0 aromatic heterocycles. The molecule has 1 N–H and O–H groups in total. The van der Waals surface area contributed by atoms with Gasteiger partial charge in [0.25, 0.3) is 0 Å². The lowest BCUT2D eigenvalue weighted by atomic mass is 9.99. The molecule has 0 aliphatic carbocycles. The Hall–Kier alpha value is -0.860. The monoisotopic (exact) mass is 219 g/mol. The molecule has 88 valence electrons. The van der Waals surface area contributed by atoms with E-state index in [0.717, 1.165) is 13.0 Å². The Bertz CT molecular complexity index is 314. The van der Waals surface area contributed by atoms with Crippen molar-refractivity contribution < 1.29 is 4.74 Å². The molecule has 1 fully saturated rings. The van der Waals surface area contributed by atoms with Gasteiger partial charge in [-0.1, -0.05) is 29.8 Å². The zero-order chi connectivity index (χ0) is 11.4. The Labute approximate surface area is 98.0 Å². The topological polar surface area (TPSA) is 21.3 Å². The van der Waals surface area contributed by atoms with E-state index in [0.29, 0.717) is 12.1 Å². The molecular weight excluding hydrogens is 198 g/mol. The van der Waals surface area contributed by atoms with E-state index in [-0.39, 0.29) is 0 Å². The van der Waals surface area contributed by atoms with E-state index in [1.54, 1.807) is 0 Å². The molecule has 0 amide bonds. The Morgan fingerprint density at radius 3 is 2.69 bits per heavy atom. The fourth-order valence-electron chi connectivity index (χ4n) is 2.32. The third-order valence-electron chi connectivity index (χ3n) is 3.36. The quantitative estimate of drug-likeness (QED) is 0.839. The van der Waals surface area contributed by atoms with E-state index >= 15 is 0 Å². The Kier molecular flexibility index (Phi) is 3.97. The molecule has 2 rings (SSSR count). The highest BCUT2D eigenvalue weighted by atomic mass is 16.5. The molecule has 2 nitrogen and oxygen atoms in total. The smallest absolute Gasteiger partial charge is 0.0732 e. The molecule has 1 saturated heterocycles. The maximum absolute atomic E-state index is 5.74. The standard InChI is InChI=1S/C14H21NO/c1-11-5-7-12(8-6-11)10-13(15-2)14-4-3-9-16-14/h5-8,13-15H,3-4,9-10H2,1-2H3. The molecule has 16 heavy (non-hydrogen) atoms. The van der Waals surface area contributed by atoms with Gasteiger partial charge >= 0.3 is 0 Å². The summed E-state index contributed by atoms with van der Waals surface area (Å²) in [6, 6.07) is 9.24. The number of nitrogens with one attached hydrogen (secondary N) is 1. The van der Waals surface area contributed by atoms with Crippen LogP contribution in [-0.4, -0.2) is 25.8 Å². The zero-order valence-electron chi connectivity index (χ0n) is 10.2. The van der Waals surface area contributed by atoms with Crippen molar-refractivity contribution in [1.82, 2.24) is 5.32 Å². The van der Waals surface area contributed by atoms with E-state index in [4.69, 9.17) is 4.74 Å². The lowest BCUT2D eigenvalue weighted by molar-refractivity contribution is 0.0808. The fraction of sp³-hybridized carbons (Fsp3) is 0.571. The number of aryl methyl sites for hydroxylation is 1. The second kappa shape index (κ2) is 5.46. The van der Waals surface area contributed by atoms with Crippen molar-refractivity contribution in [2.45, 2.75) is 38.3 Å². The highest BCUT2D eigenvalue weighted by Gasteiger charge is 2.24. The zero-order valence-corrected chi connectivity index (χ0v) is 10.2. The van der Waals surface area contributed by atoms with Gasteiger partial charge < -0.3 is 10.1 Å². The summed E-state index contributed by atoms with van der Waals surface area (Å²) in [6.07, 6.45) is 3.85. The molecule has 1 aliphatic heterocycles. The third-order valence-corrected chi connectivity index (χ3v) is 3.36. The predicted octanol–water partition coefficient (Wildman–Crippen LogP) is 2.30. The largest absolute Gasteiger partial charge is 0.377 e. The van der Waals surface area contributed by atoms with Gasteiger partial charge in [-0.3, -0.25) is 0 Å². The first-order chi connectivity index (χ1) is 7.79. The second-order valence-electron chi connectivity index (χ2n) is 4.64. The van der Waals surface area contributed by atoms with Gasteiger partial charge in [0, 0.05) is 12.6 Å². The van der Waals surface area contributed by atoms with Crippen LogP contribution in [0.5, 0.6) is 0 Å². The van der Waals surface area contributed by atoms with E-state index in [9.17, 15) is 0 Å². The summed E-state index contributed by atoms with van der Waals surface area (Å²) in [4.78, 5) is 0. The van der Waals surface area contributed by atoms with Crippen LogP contribution in [0.2, 0.25) is 0 Å². The lowest BCUT2D eigenvalue weighted by Gasteiger charge is -2.22. The van der Waals surface area contributed by atoms with Crippen molar-refractivity contribution in [2.24, 2.45) is 0 Å². The van der Waals surface area contributed by atoms with Crippen molar-refractivity contribution in [1.29, 1.82) is 0 Å². The van der Waals surface area contributed by atoms with E-state index < -0.39 is 0 Å². The van der Waals surface area contributed by atoms with Gasteiger partial charge in [-0.15, -0.1) is 0 Å². The molecule has 2 unspecified atom stereocenters. The second-order valence-corrected chi connectivity index (χ2v) is 4.64. The Balaban J connectivity index is 1.97. The molecule has 0 radical (unpaired) electrons. The van der Waals surface area contributed by atoms with Gasteiger partial charge in [0.2, 0.25) is 0 Å². The molecule has 2 atom stereocenters. The summed E-state index contributed by atoms with van der Waals surface area (Å²) in [5.41, 5.74) is 2.71. The molecule has 0 bridgehead atoms. The van der Waals surface area contributed by atoms with Gasteiger partial charge in [-0.05, 0) is 38.8 Å². The summed E-state index contributed by atoms with van der Waals surface area (Å²) >= 11 is 0. The average Bonchev–Trinajstić information content (AvgIpc) is 2.82. The van der Waals surface area contributed by atoms with Crippen LogP contribution in [0, 0.1) is 6.92 Å². The maximum atomic E-state index is 5.74. The minimum absolute atomic E-state index is 0.395. The number of ether oxygens (including phenoxy) is 1. The van der Waals surface area contributed by atoms with Gasteiger partial charge in [-0.25, -0.2) is 0 Å². The first kappa shape index (κ1) is 11.6. The average molecular weight is 219 g/mol. The van der Waals surface area contributed by atoms with Crippen LogP contribution >= 0.6 is 0 Å². The van der Waals surface area contributed by atoms with Crippen LogP contribution in [0.25, 0.3) is 0 Å². The first-order valence-corrected chi connectivity index (χ1v) is 6.14. The van der Waals surface area contributed by atoms with Crippen LogP contribution in [0.3, 0.4) is 0 Å². The summed E-state index contributed by atoms with van der Waals surface area (Å²) in [7, 11) is 2.03. The van der Waals surface area contributed by atoms with E-state index in [1.165, 1.54) is 24.0 Å². The van der Waals surface area contributed by atoms with Crippen LogP contribution in [0.4, 0.5) is 0 Å². The number of benzene rings is 1. The highest BCUT2D eigenvalue weighted by molar-refractivity contribution is 5.22. The summed E-state index contributed by atoms with van der Waals surface area (Å²) in [5.74, 6) is 0. The van der Waals surface area contributed by atoms with Gasteiger partial charge in [0.15, 0.2) is 0 Å².